The predicted octanol–water partition coefficient (Wildman–Crippen LogP) is 2.12. The number of aromatic nitrogens is 2. The van der Waals surface area contributed by atoms with Gasteiger partial charge in [-0.1, -0.05) is 29.8 Å². The summed E-state index contributed by atoms with van der Waals surface area (Å²) in [6.07, 6.45) is 5.37. The van der Waals surface area contributed by atoms with E-state index in [4.69, 9.17) is 6.42 Å². The van der Waals surface area contributed by atoms with Crippen LogP contribution in [-0.2, 0) is 11.8 Å². The van der Waals surface area contributed by atoms with Gasteiger partial charge < -0.3 is 9.88 Å². The first kappa shape index (κ1) is 16.3. The molecule has 0 saturated carbocycles. The van der Waals surface area contributed by atoms with E-state index in [0.717, 1.165) is 0 Å². The standard InChI is InChI=1S/C17H14FN3O2S/c1-3-8-24-17-20-16(23)14-12(10-4-6-11(18)7-5-10)9-13(22)19-15(14)21(17)2/h1,4-7,12H,8-9H2,2H3,(H,19,22). The average molecular weight is 343 g/mol. The molecule has 0 radical (unpaired) electrons. The Balaban J connectivity index is 2.14. The van der Waals surface area contributed by atoms with Gasteiger partial charge in [-0.2, -0.15) is 4.98 Å². The lowest BCUT2D eigenvalue weighted by Crippen LogP contribution is -2.33. The van der Waals surface area contributed by atoms with Crippen molar-refractivity contribution in [2.45, 2.75) is 17.5 Å². The fourth-order valence-corrected chi connectivity index (χ4v) is 3.40. The summed E-state index contributed by atoms with van der Waals surface area (Å²) in [6.45, 7) is 0. The fourth-order valence-electron chi connectivity index (χ4n) is 2.75. The van der Waals surface area contributed by atoms with Crippen molar-refractivity contribution in [2.24, 2.45) is 7.05 Å². The van der Waals surface area contributed by atoms with Crippen LogP contribution in [0.1, 0.15) is 23.5 Å². The first-order valence-electron chi connectivity index (χ1n) is 7.23. The maximum absolute atomic E-state index is 13.2. The SMILES string of the molecule is C#CCSc1nc(=O)c2c(n1C)NC(=O)CC2c1ccc(F)cc1. The monoisotopic (exact) mass is 343 g/mol. The smallest absolute Gasteiger partial charge is 0.279 e. The molecule has 0 saturated heterocycles. The molecule has 0 bridgehead atoms. The number of terminal acetylenes is 1. The van der Waals surface area contributed by atoms with Gasteiger partial charge in [-0.05, 0) is 17.7 Å². The number of carbonyl (C=O) groups excluding carboxylic acids is 1. The summed E-state index contributed by atoms with van der Waals surface area (Å²) in [5, 5.41) is 3.18. The van der Waals surface area contributed by atoms with Gasteiger partial charge in [0.15, 0.2) is 5.16 Å². The second-order valence-electron chi connectivity index (χ2n) is 5.37. The Morgan fingerprint density at radius 3 is 2.79 bits per heavy atom. The summed E-state index contributed by atoms with van der Waals surface area (Å²) >= 11 is 1.25. The minimum Gasteiger partial charge on any atom is -0.312 e. The van der Waals surface area contributed by atoms with Crippen molar-refractivity contribution in [2.75, 3.05) is 11.1 Å². The normalized spacial score (nSPS) is 16.2. The molecule has 1 aromatic heterocycles. The Bertz CT molecular complexity index is 900. The second-order valence-corrected chi connectivity index (χ2v) is 6.31. The Hall–Kier alpha value is -2.59. The third kappa shape index (κ3) is 2.93. The number of amides is 1. The highest BCUT2D eigenvalue weighted by atomic mass is 32.2. The predicted molar refractivity (Wildman–Crippen MR) is 90.5 cm³/mol. The molecule has 1 amide bonds. The summed E-state index contributed by atoms with van der Waals surface area (Å²) in [4.78, 5) is 28.7. The zero-order valence-corrected chi connectivity index (χ0v) is 13.7. The summed E-state index contributed by atoms with van der Waals surface area (Å²) in [7, 11) is 1.72. The van der Waals surface area contributed by atoms with Gasteiger partial charge in [0.25, 0.3) is 5.56 Å². The van der Waals surface area contributed by atoms with Crippen molar-refractivity contribution >= 4 is 23.5 Å². The summed E-state index contributed by atoms with van der Waals surface area (Å²) in [5.41, 5.74) is 0.709. The number of halogens is 1. The second kappa shape index (κ2) is 6.49. The molecule has 1 aliphatic rings. The fraction of sp³-hybridized carbons (Fsp3) is 0.235. The Morgan fingerprint density at radius 1 is 1.42 bits per heavy atom. The number of benzene rings is 1. The molecule has 0 spiro atoms. The summed E-state index contributed by atoms with van der Waals surface area (Å²) in [6, 6.07) is 5.80. The van der Waals surface area contributed by atoms with Crippen molar-refractivity contribution in [1.29, 1.82) is 0 Å². The van der Waals surface area contributed by atoms with Gasteiger partial charge in [0, 0.05) is 19.4 Å². The van der Waals surface area contributed by atoms with E-state index >= 15 is 0 Å². The zero-order chi connectivity index (χ0) is 17.3. The molecule has 24 heavy (non-hydrogen) atoms. The first-order valence-corrected chi connectivity index (χ1v) is 8.22. The van der Waals surface area contributed by atoms with E-state index in [0.29, 0.717) is 27.9 Å². The average Bonchev–Trinajstić information content (AvgIpc) is 2.56. The van der Waals surface area contributed by atoms with Crippen LogP contribution in [0.4, 0.5) is 10.2 Å². The van der Waals surface area contributed by atoms with Crippen LogP contribution >= 0.6 is 11.8 Å². The molecular formula is C17H14FN3O2S. The highest BCUT2D eigenvalue weighted by molar-refractivity contribution is 7.99. The van der Waals surface area contributed by atoms with Gasteiger partial charge in [0.2, 0.25) is 5.91 Å². The maximum Gasteiger partial charge on any atom is 0.279 e. The number of hydrogen-bond acceptors (Lipinski definition) is 4. The molecule has 7 heteroatoms. The van der Waals surface area contributed by atoms with Gasteiger partial charge >= 0.3 is 0 Å². The van der Waals surface area contributed by atoms with Crippen LogP contribution < -0.4 is 10.9 Å². The van der Waals surface area contributed by atoms with Crippen molar-refractivity contribution in [1.82, 2.24) is 9.55 Å². The molecule has 1 unspecified atom stereocenters. The lowest BCUT2D eigenvalue weighted by atomic mass is 9.87. The number of rotatable bonds is 3. The molecular weight excluding hydrogens is 329 g/mol. The van der Waals surface area contributed by atoms with Gasteiger partial charge in [0.05, 0.1) is 11.3 Å². The van der Waals surface area contributed by atoms with Crippen LogP contribution in [0.5, 0.6) is 0 Å². The lowest BCUT2D eigenvalue weighted by Gasteiger charge is -2.27. The highest BCUT2D eigenvalue weighted by Gasteiger charge is 2.32. The molecule has 1 aliphatic heterocycles. The van der Waals surface area contributed by atoms with E-state index in [1.807, 2.05) is 0 Å². The van der Waals surface area contributed by atoms with Crippen molar-refractivity contribution in [3.63, 3.8) is 0 Å². The van der Waals surface area contributed by atoms with Crippen LogP contribution in [0.25, 0.3) is 0 Å². The minimum atomic E-state index is -0.452. The molecule has 1 atom stereocenters. The van der Waals surface area contributed by atoms with Crippen LogP contribution in [0, 0.1) is 18.2 Å². The van der Waals surface area contributed by atoms with Gasteiger partial charge in [-0.25, -0.2) is 4.39 Å². The molecule has 122 valence electrons. The van der Waals surface area contributed by atoms with Crippen molar-refractivity contribution in [3.8, 4) is 12.3 Å². The van der Waals surface area contributed by atoms with E-state index in [-0.39, 0.29) is 18.1 Å². The molecule has 1 aromatic carbocycles. The minimum absolute atomic E-state index is 0.117. The Kier molecular flexibility index (Phi) is 4.40. The Labute approximate surface area is 142 Å². The molecule has 0 fully saturated rings. The number of nitrogens with zero attached hydrogens (tertiary/aromatic N) is 2. The van der Waals surface area contributed by atoms with Crippen molar-refractivity contribution in [3.05, 3.63) is 51.6 Å². The van der Waals surface area contributed by atoms with Crippen LogP contribution in [0.3, 0.4) is 0 Å². The lowest BCUT2D eigenvalue weighted by molar-refractivity contribution is -0.116. The van der Waals surface area contributed by atoms with Crippen LogP contribution in [0.2, 0.25) is 0 Å². The van der Waals surface area contributed by atoms with E-state index in [9.17, 15) is 14.0 Å². The number of nitrogens with one attached hydrogen (secondary N) is 1. The number of anilines is 1. The Morgan fingerprint density at radius 2 is 2.12 bits per heavy atom. The summed E-state index contributed by atoms with van der Waals surface area (Å²) < 4.78 is 14.8. The number of fused-ring (bicyclic) bond motifs is 1. The van der Waals surface area contributed by atoms with E-state index < -0.39 is 11.5 Å². The topological polar surface area (TPSA) is 64.0 Å². The number of carbonyl (C=O) groups is 1. The van der Waals surface area contributed by atoms with Gasteiger partial charge in [0.1, 0.15) is 11.6 Å². The third-order valence-corrected chi connectivity index (χ3v) is 4.79. The van der Waals surface area contributed by atoms with E-state index in [1.165, 1.54) is 23.9 Å². The number of thioether (sulfide) groups is 1. The van der Waals surface area contributed by atoms with Gasteiger partial charge in [-0.3, -0.25) is 9.59 Å². The number of hydrogen-bond donors (Lipinski definition) is 1. The molecule has 5 nitrogen and oxygen atoms in total. The van der Waals surface area contributed by atoms with E-state index in [2.05, 4.69) is 16.2 Å². The molecule has 1 N–H and O–H groups in total. The first-order chi connectivity index (χ1) is 11.5. The highest BCUT2D eigenvalue weighted by Crippen LogP contribution is 2.35. The van der Waals surface area contributed by atoms with Crippen LogP contribution in [0.15, 0.2) is 34.2 Å². The third-order valence-electron chi connectivity index (χ3n) is 3.86. The molecule has 2 heterocycles. The largest absolute Gasteiger partial charge is 0.312 e. The quantitative estimate of drug-likeness (QED) is 0.527. The van der Waals surface area contributed by atoms with E-state index in [1.54, 1.807) is 23.7 Å². The molecule has 0 aliphatic carbocycles. The maximum atomic E-state index is 13.2. The zero-order valence-electron chi connectivity index (χ0n) is 12.9. The molecule has 2 aromatic rings. The van der Waals surface area contributed by atoms with Crippen LogP contribution in [-0.4, -0.2) is 21.2 Å². The van der Waals surface area contributed by atoms with Gasteiger partial charge in [-0.15, -0.1) is 6.42 Å². The molecule has 3 rings (SSSR count). The van der Waals surface area contributed by atoms with Crippen molar-refractivity contribution < 1.29 is 9.18 Å². The summed E-state index contributed by atoms with van der Waals surface area (Å²) in [5.74, 6) is 2.24.